The van der Waals surface area contributed by atoms with Crippen LogP contribution in [0, 0.1) is 29.8 Å². The SMILES string of the molecule is CN=CC(C(C)=N)c1ccc(NC(=O)c2c(C)cccc2F)c(F)c1F. The minimum absolute atomic E-state index is 0.0688. The highest BCUT2D eigenvalue weighted by Crippen LogP contribution is 2.27. The molecule has 4 nitrogen and oxygen atoms in total. The van der Waals surface area contributed by atoms with E-state index in [1.807, 2.05) is 0 Å². The van der Waals surface area contributed by atoms with Crippen LogP contribution in [0.15, 0.2) is 35.3 Å². The van der Waals surface area contributed by atoms with Gasteiger partial charge in [0.25, 0.3) is 5.91 Å². The second-order valence-corrected chi connectivity index (χ2v) is 5.78. The van der Waals surface area contributed by atoms with Gasteiger partial charge in [0.2, 0.25) is 0 Å². The number of benzene rings is 2. The minimum Gasteiger partial charge on any atom is -0.319 e. The molecule has 0 bridgehead atoms. The monoisotopic (exact) mass is 361 g/mol. The number of hydrogen-bond donors (Lipinski definition) is 2. The molecule has 0 saturated carbocycles. The van der Waals surface area contributed by atoms with E-state index >= 15 is 0 Å². The van der Waals surface area contributed by atoms with Crippen LogP contribution in [0.4, 0.5) is 18.9 Å². The molecule has 0 aliphatic carbocycles. The van der Waals surface area contributed by atoms with E-state index in [1.165, 1.54) is 38.4 Å². The van der Waals surface area contributed by atoms with E-state index in [1.54, 1.807) is 13.0 Å². The molecule has 26 heavy (non-hydrogen) atoms. The Labute approximate surface area is 149 Å². The van der Waals surface area contributed by atoms with Gasteiger partial charge in [0.05, 0.1) is 17.2 Å². The average Bonchev–Trinajstić information content (AvgIpc) is 2.57. The molecular formula is C19H18F3N3O. The van der Waals surface area contributed by atoms with Crippen molar-refractivity contribution in [3.05, 3.63) is 64.5 Å². The van der Waals surface area contributed by atoms with Crippen LogP contribution in [0.3, 0.4) is 0 Å². The fourth-order valence-corrected chi connectivity index (χ4v) is 2.58. The van der Waals surface area contributed by atoms with Crippen molar-refractivity contribution in [2.24, 2.45) is 4.99 Å². The highest BCUT2D eigenvalue weighted by molar-refractivity contribution is 6.05. The molecule has 0 radical (unpaired) electrons. The lowest BCUT2D eigenvalue weighted by Crippen LogP contribution is -2.18. The molecule has 0 heterocycles. The number of carbonyl (C=O) groups excluding carboxylic acids is 1. The van der Waals surface area contributed by atoms with E-state index in [0.717, 1.165) is 6.07 Å². The molecule has 7 heteroatoms. The third-order valence-corrected chi connectivity index (χ3v) is 3.91. The Morgan fingerprint density at radius 2 is 1.88 bits per heavy atom. The van der Waals surface area contributed by atoms with Crippen LogP contribution in [-0.4, -0.2) is 24.9 Å². The summed E-state index contributed by atoms with van der Waals surface area (Å²) < 4.78 is 42.7. The summed E-state index contributed by atoms with van der Waals surface area (Å²) in [4.78, 5) is 16.0. The van der Waals surface area contributed by atoms with Gasteiger partial charge in [0, 0.05) is 24.5 Å². The topological polar surface area (TPSA) is 65.3 Å². The molecule has 0 fully saturated rings. The van der Waals surface area contributed by atoms with Gasteiger partial charge in [-0.3, -0.25) is 9.79 Å². The summed E-state index contributed by atoms with van der Waals surface area (Å²) >= 11 is 0. The number of aliphatic imine (C=N–C) groups is 1. The first-order valence-electron chi connectivity index (χ1n) is 7.79. The number of nitrogens with one attached hydrogen (secondary N) is 2. The van der Waals surface area contributed by atoms with Gasteiger partial charge < -0.3 is 10.7 Å². The number of carbonyl (C=O) groups is 1. The predicted molar refractivity (Wildman–Crippen MR) is 96.0 cm³/mol. The summed E-state index contributed by atoms with van der Waals surface area (Å²) in [6, 6.07) is 6.56. The molecule has 2 N–H and O–H groups in total. The number of aryl methyl sites for hydroxylation is 1. The average molecular weight is 361 g/mol. The van der Waals surface area contributed by atoms with Crippen molar-refractivity contribution in [1.29, 1.82) is 5.41 Å². The molecule has 1 atom stereocenters. The zero-order valence-electron chi connectivity index (χ0n) is 14.5. The first kappa shape index (κ1) is 19.4. The summed E-state index contributed by atoms with van der Waals surface area (Å²) in [5, 5.41) is 9.89. The molecule has 2 aromatic rings. The van der Waals surface area contributed by atoms with E-state index in [4.69, 9.17) is 5.41 Å². The number of amides is 1. The lowest BCUT2D eigenvalue weighted by atomic mass is 9.95. The van der Waals surface area contributed by atoms with Gasteiger partial charge in [-0.05, 0) is 31.5 Å². The van der Waals surface area contributed by atoms with Crippen LogP contribution in [0.25, 0.3) is 0 Å². The lowest BCUT2D eigenvalue weighted by Gasteiger charge is -2.15. The van der Waals surface area contributed by atoms with Crippen LogP contribution < -0.4 is 5.32 Å². The first-order valence-corrected chi connectivity index (χ1v) is 7.79. The van der Waals surface area contributed by atoms with E-state index in [2.05, 4.69) is 10.3 Å². The first-order chi connectivity index (χ1) is 12.3. The predicted octanol–water partition coefficient (Wildman–Crippen LogP) is 4.49. The number of nitrogens with zero attached hydrogens (tertiary/aromatic N) is 1. The van der Waals surface area contributed by atoms with Gasteiger partial charge in [-0.2, -0.15) is 0 Å². The third kappa shape index (κ3) is 3.82. The van der Waals surface area contributed by atoms with Crippen molar-refractivity contribution in [3.8, 4) is 0 Å². The van der Waals surface area contributed by atoms with Crippen molar-refractivity contribution in [2.75, 3.05) is 12.4 Å². The van der Waals surface area contributed by atoms with Crippen LogP contribution in [-0.2, 0) is 0 Å². The fourth-order valence-electron chi connectivity index (χ4n) is 2.58. The molecule has 0 aliphatic rings. The smallest absolute Gasteiger partial charge is 0.258 e. The molecule has 2 rings (SSSR count). The Hall–Kier alpha value is -2.96. The number of rotatable bonds is 5. The largest absolute Gasteiger partial charge is 0.319 e. The second-order valence-electron chi connectivity index (χ2n) is 5.78. The molecule has 0 spiro atoms. The van der Waals surface area contributed by atoms with Gasteiger partial charge in [0.1, 0.15) is 5.82 Å². The molecule has 2 aromatic carbocycles. The summed E-state index contributed by atoms with van der Waals surface area (Å²) in [5.41, 5.74) is -0.247. The lowest BCUT2D eigenvalue weighted by molar-refractivity contribution is 0.102. The quantitative estimate of drug-likeness (QED) is 0.757. The molecule has 1 amide bonds. The summed E-state index contributed by atoms with van der Waals surface area (Å²) in [5.74, 6) is -4.90. The standard InChI is InChI=1S/C19H18F3N3O/c1-10-5-4-6-14(20)16(10)19(26)25-15-8-7-12(17(21)18(15)22)13(9-24-3)11(2)23/h4-9,13,23H,1-3H3,(H,25,26). The molecule has 0 saturated heterocycles. The Kier molecular flexibility index (Phi) is 5.92. The Bertz CT molecular complexity index is 874. The highest BCUT2D eigenvalue weighted by atomic mass is 19.2. The maximum absolute atomic E-state index is 14.4. The van der Waals surface area contributed by atoms with Gasteiger partial charge in [-0.15, -0.1) is 0 Å². The Morgan fingerprint density at radius 3 is 2.46 bits per heavy atom. The van der Waals surface area contributed by atoms with Crippen molar-refractivity contribution in [3.63, 3.8) is 0 Å². The minimum atomic E-state index is -1.28. The molecule has 0 aliphatic heterocycles. The molecule has 1 unspecified atom stereocenters. The van der Waals surface area contributed by atoms with Crippen LogP contribution >= 0.6 is 0 Å². The van der Waals surface area contributed by atoms with Crippen molar-refractivity contribution >= 4 is 23.5 Å². The highest BCUT2D eigenvalue weighted by Gasteiger charge is 2.23. The van der Waals surface area contributed by atoms with Gasteiger partial charge in [-0.25, -0.2) is 13.2 Å². The summed E-state index contributed by atoms with van der Waals surface area (Å²) in [7, 11) is 1.47. The van der Waals surface area contributed by atoms with Crippen molar-refractivity contribution in [1.82, 2.24) is 0 Å². The Morgan fingerprint density at radius 1 is 1.19 bits per heavy atom. The normalized spacial score (nSPS) is 12.2. The number of halogens is 3. The van der Waals surface area contributed by atoms with E-state index < -0.39 is 35.0 Å². The molecule has 0 aromatic heterocycles. The van der Waals surface area contributed by atoms with E-state index in [9.17, 15) is 18.0 Å². The third-order valence-electron chi connectivity index (χ3n) is 3.91. The fraction of sp³-hybridized carbons (Fsp3) is 0.211. The number of anilines is 1. The van der Waals surface area contributed by atoms with Crippen LogP contribution in [0.1, 0.15) is 34.3 Å². The number of hydrogen-bond acceptors (Lipinski definition) is 3. The zero-order chi connectivity index (χ0) is 19.4. The van der Waals surface area contributed by atoms with Crippen LogP contribution in [0.5, 0.6) is 0 Å². The second kappa shape index (κ2) is 7.95. The van der Waals surface area contributed by atoms with Gasteiger partial charge in [-0.1, -0.05) is 18.2 Å². The maximum atomic E-state index is 14.4. The van der Waals surface area contributed by atoms with Crippen LogP contribution in [0.2, 0.25) is 0 Å². The van der Waals surface area contributed by atoms with Gasteiger partial charge >= 0.3 is 0 Å². The van der Waals surface area contributed by atoms with Crippen molar-refractivity contribution < 1.29 is 18.0 Å². The molecular weight excluding hydrogens is 343 g/mol. The summed E-state index contributed by atoms with van der Waals surface area (Å²) in [6.07, 6.45) is 1.33. The molecule has 136 valence electrons. The van der Waals surface area contributed by atoms with Crippen molar-refractivity contribution in [2.45, 2.75) is 19.8 Å². The zero-order valence-corrected chi connectivity index (χ0v) is 14.5. The Balaban J connectivity index is 2.39. The summed E-state index contributed by atoms with van der Waals surface area (Å²) in [6.45, 7) is 3.00. The van der Waals surface area contributed by atoms with E-state index in [-0.39, 0.29) is 16.8 Å². The maximum Gasteiger partial charge on any atom is 0.258 e. The van der Waals surface area contributed by atoms with Gasteiger partial charge in [0.15, 0.2) is 11.6 Å². The van der Waals surface area contributed by atoms with E-state index in [0.29, 0.717) is 5.56 Å².